The molecule has 2 rings (SSSR count). The third kappa shape index (κ3) is 5.41. The zero-order chi connectivity index (χ0) is 19.1. The summed E-state index contributed by atoms with van der Waals surface area (Å²) in [6.45, 7) is 4.46. The summed E-state index contributed by atoms with van der Waals surface area (Å²) >= 11 is 0. The number of nitro benzene ring substituents is 1. The maximum absolute atomic E-state index is 12.2. The Balaban J connectivity index is 1.98. The van der Waals surface area contributed by atoms with Gasteiger partial charge in [-0.05, 0) is 42.7 Å². The number of carbonyl (C=O) groups excluding carboxylic acids is 2. The highest BCUT2D eigenvalue weighted by atomic mass is 16.6. The summed E-state index contributed by atoms with van der Waals surface area (Å²) in [4.78, 5) is 34.3. The molecule has 1 amide bonds. The van der Waals surface area contributed by atoms with E-state index in [1.54, 1.807) is 24.3 Å². The third-order valence-corrected chi connectivity index (χ3v) is 3.63. The monoisotopic (exact) mass is 356 g/mol. The lowest BCUT2D eigenvalue weighted by atomic mass is 10.1. The second-order valence-corrected chi connectivity index (χ2v) is 6.16. The molecule has 0 spiro atoms. The number of rotatable bonds is 7. The summed E-state index contributed by atoms with van der Waals surface area (Å²) in [6, 6.07) is 11.7. The molecular formula is C19H20N2O5. The van der Waals surface area contributed by atoms with Gasteiger partial charge in [0.2, 0.25) is 0 Å². The van der Waals surface area contributed by atoms with E-state index in [0.29, 0.717) is 23.8 Å². The van der Waals surface area contributed by atoms with Crippen LogP contribution in [0.3, 0.4) is 0 Å². The molecule has 0 radical (unpaired) electrons. The molecule has 7 heteroatoms. The number of nitrogens with one attached hydrogen (secondary N) is 1. The maximum Gasteiger partial charge on any atom is 0.338 e. The first-order valence-electron chi connectivity index (χ1n) is 8.20. The lowest BCUT2D eigenvalue weighted by molar-refractivity contribution is -0.384. The number of nitro groups is 1. The summed E-state index contributed by atoms with van der Waals surface area (Å²) in [6.07, 6.45) is 0.795. The minimum atomic E-state index is -0.559. The first kappa shape index (κ1) is 19.1. The van der Waals surface area contributed by atoms with E-state index in [0.717, 1.165) is 6.42 Å². The van der Waals surface area contributed by atoms with Crippen molar-refractivity contribution in [2.24, 2.45) is 5.92 Å². The van der Waals surface area contributed by atoms with Crippen LogP contribution in [0.25, 0.3) is 0 Å². The highest BCUT2D eigenvalue weighted by Gasteiger charge is 2.12. The Labute approximate surface area is 151 Å². The molecule has 0 fully saturated rings. The van der Waals surface area contributed by atoms with Crippen LogP contribution in [0.2, 0.25) is 0 Å². The first-order valence-corrected chi connectivity index (χ1v) is 8.20. The molecule has 26 heavy (non-hydrogen) atoms. The Morgan fingerprint density at radius 1 is 1.12 bits per heavy atom. The van der Waals surface area contributed by atoms with Gasteiger partial charge in [-0.15, -0.1) is 0 Å². The van der Waals surface area contributed by atoms with Crippen LogP contribution in [0.4, 0.5) is 11.4 Å². The van der Waals surface area contributed by atoms with E-state index in [-0.39, 0.29) is 11.3 Å². The van der Waals surface area contributed by atoms with Crippen molar-refractivity contribution in [2.45, 2.75) is 20.3 Å². The zero-order valence-electron chi connectivity index (χ0n) is 14.6. The predicted octanol–water partition coefficient (Wildman–Crippen LogP) is 4.05. The van der Waals surface area contributed by atoms with Gasteiger partial charge in [-0.2, -0.15) is 0 Å². The summed E-state index contributed by atoms with van der Waals surface area (Å²) in [5, 5.41) is 13.4. The quantitative estimate of drug-likeness (QED) is 0.458. The van der Waals surface area contributed by atoms with Crippen molar-refractivity contribution >= 4 is 23.3 Å². The van der Waals surface area contributed by atoms with Gasteiger partial charge in [0.25, 0.3) is 11.6 Å². The molecule has 2 aromatic carbocycles. The van der Waals surface area contributed by atoms with E-state index >= 15 is 0 Å². The minimum Gasteiger partial charge on any atom is -0.462 e. The van der Waals surface area contributed by atoms with Crippen LogP contribution in [0.15, 0.2) is 48.5 Å². The van der Waals surface area contributed by atoms with Gasteiger partial charge in [0.15, 0.2) is 0 Å². The predicted molar refractivity (Wildman–Crippen MR) is 97.2 cm³/mol. The minimum absolute atomic E-state index is 0.155. The summed E-state index contributed by atoms with van der Waals surface area (Å²) in [5.74, 6) is -0.433. The lowest BCUT2D eigenvalue weighted by Crippen LogP contribution is -2.12. The van der Waals surface area contributed by atoms with Gasteiger partial charge in [-0.3, -0.25) is 14.9 Å². The van der Waals surface area contributed by atoms with Gasteiger partial charge in [0.05, 0.1) is 17.1 Å². The maximum atomic E-state index is 12.2. The molecule has 0 aliphatic carbocycles. The molecular weight excluding hydrogens is 336 g/mol. The zero-order valence-corrected chi connectivity index (χ0v) is 14.6. The van der Waals surface area contributed by atoms with Crippen LogP contribution in [0, 0.1) is 16.0 Å². The Morgan fingerprint density at radius 3 is 2.42 bits per heavy atom. The fraction of sp³-hybridized carbons (Fsp3) is 0.263. The Kier molecular flexibility index (Phi) is 6.43. The fourth-order valence-corrected chi connectivity index (χ4v) is 2.12. The van der Waals surface area contributed by atoms with Crippen molar-refractivity contribution in [3.8, 4) is 0 Å². The number of anilines is 1. The topological polar surface area (TPSA) is 98.5 Å². The van der Waals surface area contributed by atoms with Crippen molar-refractivity contribution < 1.29 is 19.2 Å². The van der Waals surface area contributed by atoms with E-state index in [1.165, 1.54) is 24.3 Å². The van der Waals surface area contributed by atoms with Crippen molar-refractivity contribution in [1.29, 1.82) is 0 Å². The Bertz CT molecular complexity index is 800. The van der Waals surface area contributed by atoms with E-state index in [2.05, 4.69) is 5.32 Å². The number of hydrogen-bond donors (Lipinski definition) is 1. The molecule has 0 unspecified atom stereocenters. The van der Waals surface area contributed by atoms with Crippen LogP contribution in [0.1, 0.15) is 41.0 Å². The molecule has 0 saturated carbocycles. The van der Waals surface area contributed by atoms with Gasteiger partial charge < -0.3 is 10.1 Å². The van der Waals surface area contributed by atoms with Gasteiger partial charge in [-0.1, -0.05) is 19.9 Å². The van der Waals surface area contributed by atoms with Crippen LogP contribution < -0.4 is 5.32 Å². The molecule has 0 aliphatic heterocycles. The molecule has 0 aromatic heterocycles. The molecule has 1 N–H and O–H groups in total. The first-order chi connectivity index (χ1) is 12.4. The van der Waals surface area contributed by atoms with E-state index < -0.39 is 16.8 Å². The highest BCUT2D eigenvalue weighted by Crippen LogP contribution is 2.16. The normalized spacial score (nSPS) is 10.4. The van der Waals surface area contributed by atoms with Gasteiger partial charge in [-0.25, -0.2) is 4.79 Å². The highest BCUT2D eigenvalue weighted by molar-refractivity contribution is 6.04. The van der Waals surface area contributed by atoms with Crippen molar-refractivity contribution in [1.82, 2.24) is 0 Å². The Hall–Kier alpha value is -3.22. The molecule has 136 valence electrons. The molecule has 0 bridgehead atoms. The standard InChI is InChI=1S/C19H20N2O5/c1-13(2)10-11-26-19(23)14-6-8-16(9-7-14)20-18(22)15-4-3-5-17(12-15)21(24)25/h3-9,12-13H,10-11H2,1-2H3,(H,20,22). The van der Waals surface area contributed by atoms with Crippen molar-refractivity contribution in [2.75, 3.05) is 11.9 Å². The second kappa shape index (κ2) is 8.75. The van der Waals surface area contributed by atoms with Gasteiger partial charge >= 0.3 is 5.97 Å². The second-order valence-electron chi connectivity index (χ2n) is 6.16. The summed E-state index contributed by atoms with van der Waals surface area (Å²) in [5.41, 5.74) is 0.885. The lowest BCUT2D eigenvalue weighted by Gasteiger charge is -2.08. The molecule has 0 atom stereocenters. The number of ether oxygens (including phenoxy) is 1. The molecule has 0 aliphatic rings. The third-order valence-electron chi connectivity index (χ3n) is 3.63. The number of benzene rings is 2. The smallest absolute Gasteiger partial charge is 0.338 e. The average molecular weight is 356 g/mol. The average Bonchev–Trinajstić information content (AvgIpc) is 2.62. The number of amides is 1. The van der Waals surface area contributed by atoms with Gasteiger partial charge in [0, 0.05) is 23.4 Å². The van der Waals surface area contributed by atoms with Crippen LogP contribution in [0.5, 0.6) is 0 Å². The SMILES string of the molecule is CC(C)CCOC(=O)c1ccc(NC(=O)c2cccc([N+](=O)[O-])c2)cc1. The molecule has 0 saturated heterocycles. The number of hydrogen-bond acceptors (Lipinski definition) is 5. The van der Waals surface area contributed by atoms with Crippen LogP contribution in [-0.2, 0) is 4.74 Å². The van der Waals surface area contributed by atoms with E-state index in [1.807, 2.05) is 13.8 Å². The number of esters is 1. The van der Waals surface area contributed by atoms with Crippen LogP contribution >= 0.6 is 0 Å². The van der Waals surface area contributed by atoms with Gasteiger partial charge in [0.1, 0.15) is 0 Å². The van der Waals surface area contributed by atoms with E-state index in [4.69, 9.17) is 4.74 Å². The van der Waals surface area contributed by atoms with E-state index in [9.17, 15) is 19.7 Å². The summed E-state index contributed by atoms with van der Waals surface area (Å²) < 4.78 is 5.17. The van der Waals surface area contributed by atoms with Crippen molar-refractivity contribution in [3.05, 3.63) is 69.8 Å². The van der Waals surface area contributed by atoms with Crippen LogP contribution in [-0.4, -0.2) is 23.4 Å². The number of carbonyl (C=O) groups is 2. The molecule has 7 nitrogen and oxygen atoms in total. The largest absolute Gasteiger partial charge is 0.462 e. The number of non-ortho nitro benzene ring substituents is 1. The number of nitrogens with zero attached hydrogens (tertiary/aromatic N) is 1. The molecule has 2 aromatic rings. The fourth-order valence-electron chi connectivity index (χ4n) is 2.12. The summed E-state index contributed by atoms with van der Waals surface area (Å²) in [7, 11) is 0. The van der Waals surface area contributed by atoms with Crippen molar-refractivity contribution in [3.63, 3.8) is 0 Å². The molecule has 0 heterocycles. The Morgan fingerprint density at radius 2 is 1.81 bits per heavy atom.